The SMILES string of the molecule is COc1ccc(-n2c(C)cc(C(=O)CN3C[C@H](C)O[C@@H](C)C3)c2C)cc1. The lowest BCUT2D eigenvalue weighted by Crippen LogP contribution is -2.47. The predicted octanol–water partition coefficient (Wildman–Crippen LogP) is 3.39. The van der Waals surface area contributed by atoms with Gasteiger partial charge in [-0.05, 0) is 58.0 Å². The molecule has 0 radical (unpaired) electrons. The van der Waals surface area contributed by atoms with E-state index < -0.39 is 0 Å². The van der Waals surface area contributed by atoms with E-state index in [9.17, 15) is 4.79 Å². The molecule has 1 aromatic heterocycles. The van der Waals surface area contributed by atoms with Crippen molar-refractivity contribution in [3.63, 3.8) is 0 Å². The van der Waals surface area contributed by atoms with Crippen molar-refractivity contribution < 1.29 is 14.3 Å². The molecule has 3 rings (SSSR count). The summed E-state index contributed by atoms with van der Waals surface area (Å²) in [4.78, 5) is 15.1. The second-order valence-corrected chi connectivity index (χ2v) is 7.19. The van der Waals surface area contributed by atoms with Gasteiger partial charge in [0.1, 0.15) is 5.75 Å². The van der Waals surface area contributed by atoms with Gasteiger partial charge in [0.15, 0.2) is 5.78 Å². The first-order chi connectivity index (χ1) is 12.4. The van der Waals surface area contributed by atoms with Crippen molar-refractivity contribution in [2.45, 2.75) is 39.9 Å². The van der Waals surface area contributed by atoms with Crippen molar-refractivity contribution >= 4 is 5.78 Å². The van der Waals surface area contributed by atoms with E-state index in [0.29, 0.717) is 6.54 Å². The Hall–Kier alpha value is -2.11. The third kappa shape index (κ3) is 3.84. The van der Waals surface area contributed by atoms with E-state index in [1.54, 1.807) is 7.11 Å². The smallest absolute Gasteiger partial charge is 0.178 e. The molecule has 140 valence electrons. The highest BCUT2D eigenvalue weighted by Gasteiger charge is 2.25. The summed E-state index contributed by atoms with van der Waals surface area (Å²) >= 11 is 0. The van der Waals surface area contributed by atoms with Crippen molar-refractivity contribution in [1.82, 2.24) is 9.47 Å². The van der Waals surface area contributed by atoms with Gasteiger partial charge in [-0.3, -0.25) is 9.69 Å². The summed E-state index contributed by atoms with van der Waals surface area (Å²) in [5, 5.41) is 0. The van der Waals surface area contributed by atoms with Crippen LogP contribution in [0.25, 0.3) is 5.69 Å². The number of hydrogen-bond acceptors (Lipinski definition) is 4. The fourth-order valence-electron chi connectivity index (χ4n) is 3.88. The first-order valence-electron chi connectivity index (χ1n) is 9.13. The fraction of sp³-hybridized carbons (Fsp3) is 0.476. The van der Waals surface area contributed by atoms with Crippen LogP contribution >= 0.6 is 0 Å². The van der Waals surface area contributed by atoms with E-state index >= 15 is 0 Å². The third-order valence-corrected chi connectivity index (χ3v) is 4.92. The van der Waals surface area contributed by atoms with Gasteiger partial charge in [0.2, 0.25) is 0 Å². The zero-order chi connectivity index (χ0) is 18.8. The molecule has 1 saturated heterocycles. The van der Waals surface area contributed by atoms with E-state index in [2.05, 4.69) is 23.3 Å². The van der Waals surface area contributed by atoms with Crippen molar-refractivity contribution in [3.8, 4) is 11.4 Å². The Morgan fingerprint density at radius 2 is 1.77 bits per heavy atom. The van der Waals surface area contributed by atoms with Gasteiger partial charge in [-0.25, -0.2) is 0 Å². The van der Waals surface area contributed by atoms with Gasteiger partial charge in [-0.15, -0.1) is 0 Å². The monoisotopic (exact) mass is 356 g/mol. The Morgan fingerprint density at radius 3 is 2.35 bits per heavy atom. The number of Topliss-reactive ketones (excluding diaryl/α,β-unsaturated/α-hetero) is 1. The second-order valence-electron chi connectivity index (χ2n) is 7.19. The van der Waals surface area contributed by atoms with Crippen molar-refractivity contribution in [2.24, 2.45) is 0 Å². The first-order valence-corrected chi connectivity index (χ1v) is 9.13. The minimum atomic E-state index is 0.165. The van der Waals surface area contributed by atoms with Crippen LogP contribution in [0, 0.1) is 13.8 Å². The molecule has 0 spiro atoms. The fourth-order valence-corrected chi connectivity index (χ4v) is 3.88. The molecule has 5 nitrogen and oxygen atoms in total. The van der Waals surface area contributed by atoms with Gasteiger partial charge in [-0.1, -0.05) is 0 Å². The highest BCUT2D eigenvalue weighted by molar-refractivity contribution is 5.99. The number of carbonyl (C=O) groups excluding carboxylic acids is 1. The molecule has 1 aromatic carbocycles. The van der Waals surface area contributed by atoms with Crippen LogP contribution < -0.4 is 4.74 Å². The summed E-state index contributed by atoms with van der Waals surface area (Å²) < 4.78 is 13.1. The maximum Gasteiger partial charge on any atom is 0.178 e. The van der Waals surface area contributed by atoms with Gasteiger partial charge in [0, 0.05) is 35.7 Å². The molecule has 2 atom stereocenters. The molecular formula is C21H28N2O3. The first kappa shape index (κ1) is 18.7. The van der Waals surface area contributed by atoms with Gasteiger partial charge in [0.25, 0.3) is 0 Å². The standard InChI is InChI=1S/C21H28N2O3/c1-14-10-20(21(24)13-22-11-15(2)26-16(3)12-22)17(4)23(14)18-6-8-19(25-5)9-7-18/h6-10,15-16H,11-13H2,1-5H3/t15-,16-/m0/s1. The highest BCUT2D eigenvalue weighted by atomic mass is 16.5. The van der Waals surface area contributed by atoms with Crippen LogP contribution in [-0.4, -0.2) is 54.2 Å². The molecule has 26 heavy (non-hydrogen) atoms. The predicted molar refractivity (Wildman–Crippen MR) is 103 cm³/mol. The average Bonchev–Trinajstić information content (AvgIpc) is 2.89. The van der Waals surface area contributed by atoms with E-state index in [1.807, 2.05) is 44.2 Å². The van der Waals surface area contributed by atoms with E-state index in [-0.39, 0.29) is 18.0 Å². The largest absolute Gasteiger partial charge is 0.497 e. The number of methoxy groups -OCH3 is 1. The van der Waals surface area contributed by atoms with E-state index in [4.69, 9.17) is 9.47 Å². The summed E-state index contributed by atoms with van der Waals surface area (Å²) in [6.07, 6.45) is 0.330. The number of hydrogen-bond donors (Lipinski definition) is 0. The summed E-state index contributed by atoms with van der Waals surface area (Å²) in [5.41, 5.74) is 3.87. The van der Waals surface area contributed by atoms with Crippen LogP contribution in [0.1, 0.15) is 35.6 Å². The number of ether oxygens (including phenoxy) is 2. The lowest BCUT2D eigenvalue weighted by Gasteiger charge is -2.34. The lowest BCUT2D eigenvalue weighted by atomic mass is 10.1. The van der Waals surface area contributed by atoms with Crippen LogP contribution in [0.2, 0.25) is 0 Å². The summed E-state index contributed by atoms with van der Waals surface area (Å²) in [6.45, 7) is 10.2. The average molecular weight is 356 g/mol. The number of morpholine rings is 1. The number of benzene rings is 1. The minimum absolute atomic E-state index is 0.165. The Kier molecular flexibility index (Phi) is 5.49. The number of carbonyl (C=O) groups is 1. The quantitative estimate of drug-likeness (QED) is 0.770. The maximum atomic E-state index is 12.9. The van der Waals surface area contributed by atoms with Crippen LogP contribution in [0.5, 0.6) is 5.75 Å². The summed E-state index contributed by atoms with van der Waals surface area (Å²) in [6, 6.07) is 9.89. The molecule has 1 aliphatic rings. The molecule has 0 saturated carbocycles. The maximum absolute atomic E-state index is 12.9. The second kappa shape index (κ2) is 7.64. The summed E-state index contributed by atoms with van der Waals surface area (Å²) in [7, 11) is 1.66. The van der Waals surface area contributed by atoms with Gasteiger partial charge in [0.05, 0.1) is 25.9 Å². The molecule has 0 aliphatic carbocycles. The highest BCUT2D eigenvalue weighted by Crippen LogP contribution is 2.23. The number of nitrogens with zero attached hydrogens (tertiary/aromatic N) is 2. The molecule has 2 aromatic rings. The van der Waals surface area contributed by atoms with Crippen LogP contribution in [-0.2, 0) is 4.74 Å². The molecule has 5 heteroatoms. The number of rotatable bonds is 5. The number of aromatic nitrogens is 1. The normalized spacial score (nSPS) is 21.0. The molecule has 0 amide bonds. The van der Waals surface area contributed by atoms with Gasteiger partial charge >= 0.3 is 0 Å². The molecule has 1 aliphatic heterocycles. The lowest BCUT2D eigenvalue weighted by molar-refractivity contribution is -0.0652. The van der Waals surface area contributed by atoms with Crippen molar-refractivity contribution in [1.29, 1.82) is 0 Å². The topological polar surface area (TPSA) is 43.7 Å². The Balaban J connectivity index is 1.81. The molecular weight excluding hydrogens is 328 g/mol. The molecule has 0 bridgehead atoms. The van der Waals surface area contributed by atoms with Crippen molar-refractivity contribution in [3.05, 3.63) is 47.3 Å². The van der Waals surface area contributed by atoms with Gasteiger partial charge in [-0.2, -0.15) is 0 Å². The third-order valence-electron chi connectivity index (χ3n) is 4.92. The molecule has 2 heterocycles. The van der Waals surface area contributed by atoms with E-state index in [0.717, 1.165) is 41.5 Å². The minimum Gasteiger partial charge on any atom is -0.497 e. The zero-order valence-electron chi connectivity index (χ0n) is 16.3. The summed E-state index contributed by atoms with van der Waals surface area (Å²) in [5.74, 6) is 0.988. The Bertz CT molecular complexity index is 769. The Morgan fingerprint density at radius 1 is 1.15 bits per heavy atom. The molecule has 0 N–H and O–H groups in total. The van der Waals surface area contributed by atoms with Crippen LogP contribution in [0.15, 0.2) is 30.3 Å². The van der Waals surface area contributed by atoms with Crippen molar-refractivity contribution in [2.75, 3.05) is 26.7 Å². The van der Waals surface area contributed by atoms with Gasteiger partial charge < -0.3 is 14.0 Å². The van der Waals surface area contributed by atoms with E-state index in [1.165, 1.54) is 0 Å². The Labute approximate surface area is 155 Å². The molecule has 1 fully saturated rings. The molecule has 0 unspecified atom stereocenters. The number of aryl methyl sites for hydroxylation is 1. The van der Waals surface area contributed by atoms with Crippen LogP contribution in [0.4, 0.5) is 0 Å². The zero-order valence-corrected chi connectivity index (χ0v) is 16.3. The van der Waals surface area contributed by atoms with Crippen LogP contribution in [0.3, 0.4) is 0 Å². The number of ketones is 1.